The molecule has 0 bridgehead atoms. The number of carbonyl (C=O) groups is 1. The van der Waals surface area contributed by atoms with E-state index in [4.69, 9.17) is 15.5 Å². The highest BCUT2D eigenvalue weighted by molar-refractivity contribution is 5.85. The van der Waals surface area contributed by atoms with Crippen molar-refractivity contribution in [3.8, 4) is 0 Å². The van der Waals surface area contributed by atoms with Crippen LogP contribution in [0, 0.1) is 0 Å². The van der Waals surface area contributed by atoms with Crippen LogP contribution in [0.2, 0.25) is 0 Å². The standard InChI is InChI=1S/C20H29N5O2/c1-2-25-17-6-4-3-5-16(17)22-18(25)15-23-9-7-20(8-10-23,19(21)26)24-11-13-27-14-12-24/h3-6H,2,7-15H2,1H3,(H2,21,26). The van der Waals surface area contributed by atoms with Crippen LogP contribution in [0.5, 0.6) is 0 Å². The maximum Gasteiger partial charge on any atom is 0.238 e. The summed E-state index contributed by atoms with van der Waals surface area (Å²) in [5, 5.41) is 0. The molecular formula is C20H29N5O2. The van der Waals surface area contributed by atoms with E-state index in [2.05, 4.69) is 39.5 Å². The number of carbonyl (C=O) groups excluding carboxylic acids is 1. The SMILES string of the molecule is CCn1c(CN2CCC(C(N)=O)(N3CCOCC3)CC2)nc2ccccc21. The van der Waals surface area contributed by atoms with Crippen LogP contribution in [-0.4, -0.2) is 70.2 Å². The molecule has 0 saturated carbocycles. The van der Waals surface area contributed by atoms with Gasteiger partial charge in [-0.1, -0.05) is 12.1 Å². The van der Waals surface area contributed by atoms with Crippen molar-refractivity contribution in [1.29, 1.82) is 0 Å². The van der Waals surface area contributed by atoms with E-state index in [1.54, 1.807) is 0 Å². The van der Waals surface area contributed by atoms with Crippen molar-refractivity contribution in [3.63, 3.8) is 0 Å². The number of aryl methyl sites for hydroxylation is 1. The van der Waals surface area contributed by atoms with Crippen LogP contribution >= 0.6 is 0 Å². The van der Waals surface area contributed by atoms with Gasteiger partial charge in [-0.3, -0.25) is 14.6 Å². The predicted octanol–water partition coefficient (Wildman–Crippen LogP) is 1.21. The molecule has 0 atom stereocenters. The quantitative estimate of drug-likeness (QED) is 0.855. The summed E-state index contributed by atoms with van der Waals surface area (Å²) in [6, 6.07) is 8.29. The third kappa shape index (κ3) is 3.35. The molecule has 7 nitrogen and oxygen atoms in total. The summed E-state index contributed by atoms with van der Waals surface area (Å²) in [5.41, 5.74) is 7.58. The van der Waals surface area contributed by atoms with E-state index in [1.165, 1.54) is 5.52 Å². The minimum absolute atomic E-state index is 0.190. The predicted molar refractivity (Wildman–Crippen MR) is 104 cm³/mol. The summed E-state index contributed by atoms with van der Waals surface area (Å²) < 4.78 is 7.74. The Morgan fingerprint density at radius 3 is 2.56 bits per heavy atom. The van der Waals surface area contributed by atoms with Crippen molar-refractivity contribution in [2.24, 2.45) is 5.73 Å². The molecule has 0 aliphatic carbocycles. The number of primary amides is 1. The van der Waals surface area contributed by atoms with Gasteiger partial charge in [-0.15, -0.1) is 0 Å². The van der Waals surface area contributed by atoms with Gasteiger partial charge in [-0.2, -0.15) is 0 Å². The third-order valence-electron chi connectivity index (χ3n) is 6.17. The number of amides is 1. The zero-order valence-electron chi connectivity index (χ0n) is 16.1. The van der Waals surface area contributed by atoms with E-state index < -0.39 is 5.54 Å². The number of likely N-dealkylation sites (tertiary alicyclic amines) is 1. The highest BCUT2D eigenvalue weighted by Gasteiger charge is 2.45. The van der Waals surface area contributed by atoms with Gasteiger partial charge in [-0.05, 0) is 31.9 Å². The highest BCUT2D eigenvalue weighted by atomic mass is 16.5. The fourth-order valence-electron chi connectivity index (χ4n) is 4.59. The molecule has 0 radical (unpaired) electrons. The lowest BCUT2D eigenvalue weighted by Crippen LogP contribution is -2.64. The van der Waals surface area contributed by atoms with Gasteiger partial charge in [0.05, 0.1) is 30.8 Å². The number of fused-ring (bicyclic) bond motifs is 1. The van der Waals surface area contributed by atoms with Crippen LogP contribution < -0.4 is 5.73 Å². The fourth-order valence-corrected chi connectivity index (χ4v) is 4.59. The maximum atomic E-state index is 12.4. The second kappa shape index (κ2) is 7.58. The first-order chi connectivity index (χ1) is 13.1. The lowest BCUT2D eigenvalue weighted by Gasteiger charge is -2.47. The molecule has 2 N–H and O–H groups in total. The monoisotopic (exact) mass is 371 g/mol. The first-order valence-corrected chi connectivity index (χ1v) is 9.93. The van der Waals surface area contributed by atoms with Gasteiger partial charge in [0.15, 0.2) is 0 Å². The van der Waals surface area contributed by atoms with Crippen molar-refractivity contribution < 1.29 is 9.53 Å². The molecule has 2 saturated heterocycles. The summed E-state index contributed by atoms with van der Waals surface area (Å²) in [5.74, 6) is 0.904. The first-order valence-electron chi connectivity index (χ1n) is 9.93. The van der Waals surface area contributed by atoms with Crippen molar-refractivity contribution in [1.82, 2.24) is 19.4 Å². The van der Waals surface area contributed by atoms with E-state index in [0.29, 0.717) is 13.2 Å². The summed E-state index contributed by atoms with van der Waals surface area (Å²) >= 11 is 0. The maximum absolute atomic E-state index is 12.4. The number of aromatic nitrogens is 2. The number of nitrogens with zero attached hydrogens (tertiary/aromatic N) is 4. The summed E-state index contributed by atoms with van der Waals surface area (Å²) in [4.78, 5) is 21.9. The van der Waals surface area contributed by atoms with E-state index in [-0.39, 0.29) is 5.91 Å². The van der Waals surface area contributed by atoms with Crippen LogP contribution in [-0.2, 0) is 22.6 Å². The zero-order valence-corrected chi connectivity index (χ0v) is 16.1. The average molecular weight is 371 g/mol. The number of rotatable bonds is 5. The molecule has 7 heteroatoms. The number of ether oxygens (including phenoxy) is 1. The summed E-state index contributed by atoms with van der Waals surface area (Å²) in [6.07, 6.45) is 1.55. The van der Waals surface area contributed by atoms with E-state index in [1.807, 2.05) is 6.07 Å². The highest BCUT2D eigenvalue weighted by Crippen LogP contribution is 2.30. The molecule has 2 aromatic rings. The number of piperidine rings is 1. The Morgan fingerprint density at radius 2 is 1.89 bits per heavy atom. The van der Waals surface area contributed by atoms with Gasteiger partial charge in [0.25, 0.3) is 0 Å². The Kier molecular flexibility index (Phi) is 5.16. The Bertz CT molecular complexity index is 804. The average Bonchev–Trinajstić information content (AvgIpc) is 3.06. The topological polar surface area (TPSA) is 76.6 Å². The molecule has 1 aromatic carbocycles. The molecule has 2 aliphatic heterocycles. The normalized spacial score (nSPS) is 21.5. The zero-order chi connectivity index (χ0) is 18.9. The lowest BCUT2D eigenvalue weighted by atomic mass is 9.84. The summed E-state index contributed by atoms with van der Waals surface area (Å²) in [6.45, 7) is 8.51. The molecule has 1 amide bonds. The second-order valence-corrected chi connectivity index (χ2v) is 7.53. The van der Waals surface area contributed by atoms with Crippen molar-refractivity contribution in [2.45, 2.75) is 38.4 Å². The molecule has 4 rings (SSSR count). The van der Waals surface area contributed by atoms with Gasteiger partial charge in [0, 0.05) is 32.7 Å². The van der Waals surface area contributed by atoms with Crippen LogP contribution in [0.4, 0.5) is 0 Å². The van der Waals surface area contributed by atoms with Crippen molar-refractivity contribution in [2.75, 3.05) is 39.4 Å². The number of nitrogens with two attached hydrogens (primary N) is 1. The fraction of sp³-hybridized carbons (Fsp3) is 0.600. The third-order valence-corrected chi connectivity index (χ3v) is 6.17. The number of benzene rings is 1. The molecule has 1 aromatic heterocycles. The molecule has 2 aliphatic rings. The van der Waals surface area contributed by atoms with Crippen LogP contribution in [0.3, 0.4) is 0 Å². The van der Waals surface area contributed by atoms with Gasteiger partial charge < -0.3 is 15.0 Å². The minimum atomic E-state index is -0.523. The van der Waals surface area contributed by atoms with E-state index in [0.717, 1.165) is 63.5 Å². The minimum Gasteiger partial charge on any atom is -0.379 e. The van der Waals surface area contributed by atoms with Crippen molar-refractivity contribution >= 4 is 16.9 Å². The Balaban J connectivity index is 1.48. The number of morpholine rings is 1. The first kappa shape index (κ1) is 18.4. The van der Waals surface area contributed by atoms with Crippen LogP contribution in [0.25, 0.3) is 11.0 Å². The molecule has 27 heavy (non-hydrogen) atoms. The van der Waals surface area contributed by atoms with Gasteiger partial charge in [0.2, 0.25) is 5.91 Å². The van der Waals surface area contributed by atoms with Crippen LogP contribution in [0.15, 0.2) is 24.3 Å². The summed E-state index contributed by atoms with van der Waals surface area (Å²) in [7, 11) is 0. The molecule has 146 valence electrons. The number of hydrogen-bond acceptors (Lipinski definition) is 5. The second-order valence-electron chi connectivity index (χ2n) is 7.53. The largest absolute Gasteiger partial charge is 0.379 e. The van der Waals surface area contributed by atoms with E-state index in [9.17, 15) is 4.79 Å². The smallest absolute Gasteiger partial charge is 0.238 e. The van der Waals surface area contributed by atoms with E-state index >= 15 is 0 Å². The molecule has 3 heterocycles. The Labute approximate surface area is 160 Å². The van der Waals surface area contributed by atoms with Crippen molar-refractivity contribution in [3.05, 3.63) is 30.1 Å². The Hall–Kier alpha value is -1.96. The number of imidazole rings is 1. The van der Waals surface area contributed by atoms with Gasteiger partial charge >= 0.3 is 0 Å². The molecule has 2 fully saturated rings. The van der Waals surface area contributed by atoms with Crippen LogP contribution in [0.1, 0.15) is 25.6 Å². The number of para-hydroxylation sites is 2. The van der Waals surface area contributed by atoms with Gasteiger partial charge in [-0.25, -0.2) is 4.98 Å². The lowest BCUT2D eigenvalue weighted by molar-refractivity contribution is -0.138. The molecule has 0 unspecified atom stereocenters. The molecule has 0 spiro atoms. The number of hydrogen-bond donors (Lipinski definition) is 1. The van der Waals surface area contributed by atoms with Gasteiger partial charge in [0.1, 0.15) is 11.4 Å². The molecular weight excluding hydrogens is 342 g/mol. The Morgan fingerprint density at radius 1 is 1.19 bits per heavy atom.